The second-order valence-electron chi connectivity index (χ2n) is 5.01. The maximum Gasteiger partial charge on any atom is 0.279 e. The minimum atomic E-state index is -3.29. The van der Waals surface area contributed by atoms with Crippen LogP contribution in [0.3, 0.4) is 0 Å². The van der Waals surface area contributed by atoms with Gasteiger partial charge in [0.15, 0.2) is 0 Å². The molecule has 0 aromatic rings. The number of nitrogens with two attached hydrogens (primary N) is 1. The molecule has 16 heavy (non-hydrogen) atoms. The summed E-state index contributed by atoms with van der Waals surface area (Å²) < 4.78 is 27.9. The molecule has 2 unspecified atom stereocenters. The van der Waals surface area contributed by atoms with Gasteiger partial charge in [-0.3, -0.25) is 0 Å². The zero-order chi connectivity index (χ0) is 12.3. The average molecular weight is 249 g/mol. The van der Waals surface area contributed by atoms with Crippen LogP contribution in [0.1, 0.15) is 27.2 Å². The van der Waals surface area contributed by atoms with Gasteiger partial charge in [0, 0.05) is 25.7 Å². The highest BCUT2D eigenvalue weighted by molar-refractivity contribution is 7.87. The van der Waals surface area contributed by atoms with E-state index in [-0.39, 0.29) is 12.0 Å². The summed E-state index contributed by atoms with van der Waals surface area (Å²) in [5.41, 5.74) is 5.78. The van der Waals surface area contributed by atoms with Crippen LogP contribution >= 0.6 is 0 Å². The maximum atomic E-state index is 11.9. The fourth-order valence-electron chi connectivity index (χ4n) is 1.76. The van der Waals surface area contributed by atoms with E-state index >= 15 is 0 Å². The zero-order valence-electron chi connectivity index (χ0n) is 10.3. The van der Waals surface area contributed by atoms with Crippen molar-refractivity contribution in [2.24, 2.45) is 17.6 Å². The van der Waals surface area contributed by atoms with Gasteiger partial charge in [-0.2, -0.15) is 12.7 Å². The van der Waals surface area contributed by atoms with Gasteiger partial charge < -0.3 is 5.73 Å². The Morgan fingerprint density at radius 1 is 1.44 bits per heavy atom. The van der Waals surface area contributed by atoms with Crippen molar-refractivity contribution in [3.05, 3.63) is 0 Å². The zero-order valence-corrected chi connectivity index (χ0v) is 11.1. The fraction of sp³-hybridized carbons (Fsp3) is 1.00. The van der Waals surface area contributed by atoms with E-state index in [1.165, 1.54) is 4.31 Å². The summed E-state index contributed by atoms with van der Waals surface area (Å²) >= 11 is 0. The fourth-order valence-corrected chi connectivity index (χ4v) is 3.22. The summed E-state index contributed by atoms with van der Waals surface area (Å²) in [4.78, 5) is 0. The van der Waals surface area contributed by atoms with Crippen molar-refractivity contribution >= 4 is 10.2 Å². The van der Waals surface area contributed by atoms with Crippen molar-refractivity contribution in [3.63, 3.8) is 0 Å². The highest BCUT2D eigenvalue weighted by atomic mass is 32.2. The summed E-state index contributed by atoms with van der Waals surface area (Å²) in [7, 11) is -3.29. The molecule has 1 fully saturated rings. The Labute approximate surface area is 98.6 Å². The van der Waals surface area contributed by atoms with Gasteiger partial charge in [-0.25, -0.2) is 4.72 Å². The Morgan fingerprint density at radius 3 is 2.50 bits per heavy atom. The number of nitrogens with one attached hydrogen (secondary N) is 1. The molecule has 96 valence electrons. The maximum absolute atomic E-state index is 11.9. The Bertz CT molecular complexity index is 314. The Morgan fingerprint density at radius 2 is 2.06 bits per heavy atom. The number of nitrogens with zero attached hydrogens (tertiary/aromatic N) is 1. The van der Waals surface area contributed by atoms with E-state index in [9.17, 15) is 8.42 Å². The minimum absolute atomic E-state index is 0.0605. The predicted molar refractivity (Wildman–Crippen MR) is 65.1 cm³/mol. The van der Waals surface area contributed by atoms with Gasteiger partial charge in [0.25, 0.3) is 10.2 Å². The Balaban J connectivity index is 2.52. The van der Waals surface area contributed by atoms with Crippen molar-refractivity contribution in [3.8, 4) is 0 Å². The molecule has 0 aliphatic carbocycles. The van der Waals surface area contributed by atoms with Crippen LogP contribution in [0.15, 0.2) is 0 Å². The van der Waals surface area contributed by atoms with Crippen LogP contribution < -0.4 is 10.5 Å². The van der Waals surface area contributed by atoms with Crippen molar-refractivity contribution < 1.29 is 8.42 Å². The predicted octanol–water partition coefficient (Wildman–Crippen LogP) is 0.146. The molecule has 5 nitrogen and oxygen atoms in total. The molecule has 1 heterocycles. The average Bonchev–Trinajstić information content (AvgIpc) is 2.64. The molecule has 1 saturated heterocycles. The molecule has 0 aromatic heterocycles. The van der Waals surface area contributed by atoms with E-state index in [2.05, 4.69) is 4.72 Å². The molecule has 0 radical (unpaired) electrons. The molecular formula is C10H23N3O2S. The quantitative estimate of drug-likeness (QED) is 0.728. The molecule has 0 amide bonds. The van der Waals surface area contributed by atoms with Gasteiger partial charge in [-0.1, -0.05) is 13.8 Å². The molecule has 0 aromatic carbocycles. The molecular weight excluding hydrogens is 226 g/mol. The lowest BCUT2D eigenvalue weighted by atomic mass is 10.0. The van der Waals surface area contributed by atoms with Crippen LogP contribution in [0, 0.1) is 11.8 Å². The van der Waals surface area contributed by atoms with E-state index in [1.807, 2.05) is 20.8 Å². The summed E-state index contributed by atoms with van der Waals surface area (Å²) in [5.74, 6) is 0.609. The van der Waals surface area contributed by atoms with Gasteiger partial charge in [-0.05, 0) is 25.2 Å². The van der Waals surface area contributed by atoms with Gasteiger partial charge in [0.1, 0.15) is 0 Å². The lowest BCUT2D eigenvalue weighted by molar-refractivity contribution is 0.420. The SMILES string of the molecule is CC(C)CNS(=O)(=O)N1CCC(C(C)N)C1. The van der Waals surface area contributed by atoms with E-state index in [4.69, 9.17) is 5.73 Å². The molecule has 1 aliphatic rings. The third-order valence-corrected chi connectivity index (χ3v) is 4.49. The molecule has 3 N–H and O–H groups in total. The van der Waals surface area contributed by atoms with Gasteiger partial charge in [0.2, 0.25) is 0 Å². The molecule has 2 atom stereocenters. The first-order valence-electron chi connectivity index (χ1n) is 5.83. The lowest BCUT2D eigenvalue weighted by Crippen LogP contribution is -2.41. The minimum Gasteiger partial charge on any atom is -0.328 e. The summed E-state index contributed by atoms with van der Waals surface area (Å²) in [6.45, 7) is 7.52. The van der Waals surface area contributed by atoms with Crippen LogP contribution in [0.5, 0.6) is 0 Å². The Kier molecular flexibility index (Phi) is 4.73. The van der Waals surface area contributed by atoms with E-state index in [0.29, 0.717) is 25.6 Å². The first-order valence-corrected chi connectivity index (χ1v) is 7.27. The van der Waals surface area contributed by atoms with Gasteiger partial charge in [-0.15, -0.1) is 0 Å². The second kappa shape index (κ2) is 5.44. The third-order valence-electron chi connectivity index (χ3n) is 2.94. The summed E-state index contributed by atoms with van der Waals surface area (Å²) in [5, 5.41) is 0. The largest absolute Gasteiger partial charge is 0.328 e. The monoisotopic (exact) mass is 249 g/mol. The normalized spacial score (nSPS) is 25.2. The molecule has 0 spiro atoms. The van der Waals surface area contributed by atoms with Crippen molar-refractivity contribution in [1.82, 2.24) is 9.03 Å². The van der Waals surface area contributed by atoms with E-state index < -0.39 is 10.2 Å². The van der Waals surface area contributed by atoms with Crippen LogP contribution in [-0.2, 0) is 10.2 Å². The molecule has 1 rings (SSSR count). The molecule has 6 heteroatoms. The smallest absolute Gasteiger partial charge is 0.279 e. The second-order valence-corrected chi connectivity index (χ2v) is 6.77. The highest BCUT2D eigenvalue weighted by Crippen LogP contribution is 2.20. The van der Waals surface area contributed by atoms with E-state index in [0.717, 1.165) is 6.42 Å². The summed E-state index contributed by atoms with van der Waals surface area (Å²) in [6.07, 6.45) is 0.861. The number of hydrogen-bond donors (Lipinski definition) is 2. The standard InChI is InChI=1S/C10H23N3O2S/c1-8(2)6-12-16(14,15)13-5-4-10(7-13)9(3)11/h8-10,12H,4-7,11H2,1-3H3. The number of hydrogen-bond acceptors (Lipinski definition) is 3. The molecule has 0 bridgehead atoms. The summed E-state index contributed by atoms with van der Waals surface area (Å²) in [6, 6.07) is 0.0605. The topological polar surface area (TPSA) is 75.4 Å². The van der Waals surface area contributed by atoms with E-state index in [1.54, 1.807) is 0 Å². The Hall–Kier alpha value is -0.170. The first kappa shape index (κ1) is 13.9. The van der Waals surface area contributed by atoms with Gasteiger partial charge in [0.05, 0.1) is 0 Å². The molecule has 0 saturated carbocycles. The first-order chi connectivity index (χ1) is 7.33. The van der Waals surface area contributed by atoms with Crippen LogP contribution in [0.4, 0.5) is 0 Å². The van der Waals surface area contributed by atoms with Gasteiger partial charge >= 0.3 is 0 Å². The lowest BCUT2D eigenvalue weighted by Gasteiger charge is -2.19. The molecule has 1 aliphatic heterocycles. The third kappa shape index (κ3) is 3.69. The van der Waals surface area contributed by atoms with Crippen LogP contribution in [0.25, 0.3) is 0 Å². The van der Waals surface area contributed by atoms with Crippen molar-refractivity contribution in [2.45, 2.75) is 33.2 Å². The number of rotatable bonds is 5. The van der Waals surface area contributed by atoms with Crippen molar-refractivity contribution in [1.29, 1.82) is 0 Å². The van der Waals surface area contributed by atoms with Crippen molar-refractivity contribution in [2.75, 3.05) is 19.6 Å². The van der Waals surface area contributed by atoms with Crippen LogP contribution in [0.2, 0.25) is 0 Å². The highest BCUT2D eigenvalue weighted by Gasteiger charge is 2.32. The van der Waals surface area contributed by atoms with Crippen LogP contribution in [-0.4, -0.2) is 38.4 Å².